The number of aryl methyl sites for hydroxylation is 1. The van der Waals surface area contributed by atoms with Gasteiger partial charge in [-0.1, -0.05) is 6.92 Å². The van der Waals surface area contributed by atoms with Crippen molar-refractivity contribution in [2.24, 2.45) is 0 Å². The van der Waals surface area contributed by atoms with Crippen LogP contribution in [0.1, 0.15) is 12.6 Å². The predicted molar refractivity (Wildman–Crippen MR) is 35.7 cm³/mol. The second kappa shape index (κ2) is 2.31. The van der Waals surface area contributed by atoms with Crippen LogP contribution in [0.25, 0.3) is 0 Å². The Labute approximate surface area is 56.4 Å². The monoisotopic (exact) mass is 174 g/mol. The van der Waals surface area contributed by atoms with E-state index in [1.54, 1.807) is 0 Å². The van der Waals surface area contributed by atoms with Gasteiger partial charge in [0.05, 0.1) is 0 Å². The molecular weight excluding hydrogens is 168 g/mol. The second-order valence-corrected chi connectivity index (χ2v) is 2.38. The molecule has 0 spiro atoms. The van der Waals surface area contributed by atoms with Gasteiger partial charge in [-0.2, -0.15) is 5.10 Å². The number of nitrogens with zero attached hydrogens (tertiary/aromatic N) is 1. The Kier molecular flexibility index (Phi) is 1.68. The third kappa shape index (κ3) is 1.10. The van der Waals surface area contributed by atoms with Gasteiger partial charge in [0, 0.05) is 5.69 Å². The molecule has 0 aromatic carbocycles. The van der Waals surface area contributed by atoms with E-state index in [-0.39, 0.29) is 0 Å². The number of hydrogen-bond donors (Lipinski definition) is 1. The zero-order valence-electron chi connectivity index (χ0n) is 4.61. The lowest BCUT2D eigenvalue weighted by atomic mass is 10.4. The Morgan fingerprint density at radius 2 is 2.62 bits per heavy atom. The number of aromatic nitrogens is 2. The predicted octanol–water partition coefficient (Wildman–Crippen LogP) is 1.73. The Hall–Kier alpha value is -0.310. The van der Waals surface area contributed by atoms with Gasteiger partial charge in [-0.3, -0.25) is 5.10 Å². The molecule has 0 aliphatic rings. The van der Waals surface area contributed by atoms with E-state index in [0.717, 1.165) is 16.7 Å². The van der Waals surface area contributed by atoms with E-state index in [0.29, 0.717) is 0 Å². The zero-order valence-corrected chi connectivity index (χ0v) is 6.20. The number of hydrogen-bond acceptors (Lipinski definition) is 1. The van der Waals surface area contributed by atoms with Gasteiger partial charge in [-0.25, -0.2) is 0 Å². The molecule has 1 rings (SSSR count). The molecule has 3 heteroatoms. The third-order valence-electron chi connectivity index (χ3n) is 0.981. The number of rotatable bonds is 1. The van der Waals surface area contributed by atoms with Crippen LogP contribution >= 0.6 is 15.9 Å². The molecule has 1 N–H and O–H groups in total. The lowest BCUT2D eigenvalue weighted by molar-refractivity contribution is 0.969. The first kappa shape index (κ1) is 5.82. The summed E-state index contributed by atoms with van der Waals surface area (Å²) in [6.45, 7) is 2.08. The van der Waals surface area contributed by atoms with E-state index in [1.165, 1.54) is 0 Å². The highest BCUT2D eigenvalue weighted by atomic mass is 79.9. The molecule has 0 fully saturated rings. The summed E-state index contributed by atoms with van der Waals surface area (Å²) in [5.74, 6) is 0. The molecule has 0 radical (unpaired) electrons. The van der Waals surface area contributed by atoms with Gasteiger partial charge >= 0.3 is 0 Å². The zero-order chi connectivity index (χ0) is 5.98. The van der Waals surface area contributed by atoms with Crippen molar-refractivity contribution in [3.63, 3.8) is 0 Å². The van der Waals surface area contributed by atoms with Crippen LogP contribution < -0.4 is 0 Å². The second-order valence-electron chi connectivity index (χ2n) is 1.57. The average molecular weight is 175 g/mol. The Balaban J connectivity index is 2.84. The number of H-pyrrole nitrogens is 1. The van der Waals surface area contributed by atoms with Crippen molar-refractivity contribution in [2.75, 3.05) is 0 Å². The van der Waals surface area contributed by atoms with Crippen LogP contribution in [0.4, 0.5) is 0 Å². The van der Waals surface area contributed by atoms with Crippen LogP contribution in [0.5, 0.6) is 0 Å². The molecule has 0 saturated heterocycles. The Morgan fingerprint density at radius 3 is 2.88 bits per heavy atom. The van der Waals surface area contributed by atoms with Gasteiger partial charge in [0.2, 0.25) is 0 Å². The minimum absolute atomic E-state index is 0.884. The molecule has 0 aliphatic carbocycles. The van der Waals surface area contributed by atoms with Crippen molar-refractivity contribution in [1.29, 1.82) is 0 Å². The quantitative estimate of drug-likeness (QED) is 0.691. The highest BCUT2D eigenvalue weighted by Gasteiger charge is 1.91. The SMILES string of the molecule is CCc1cc(Br)n[nH]1. The number of aromatic amines is 1. The molecule has 0 bridgehead atoms. The van der Waals surface area contributed by atoms with Crippen LogP contribution in [0.3, 0.4) is 0 Å². The van der Waals surface area contributed by atoms with Crippen molar-refractivity contribution in [2.45, 2.75) is 13.3 Å². The first-order chi connectivity index (χ1) is 3.83. The topological polar surface area (TPSA) is 28.7 Å². The van der Waals surface area contributed by atoms with E-state index >= 15 is 0 Å². The van der Waals surface area contributed by atoms with E-state index in [4.69, 9.17) is 0 Å². The fraction of sp³-hybridized carbons (Fsp3) is 0.400. The normalized spacial score (nSPS) is 9.75. The first-order valence-corrected chi connectivity index (χ1v) is 3.32. The molecule has 44 valence electrons. The maximum absolute atomic E-state index is 3.88. The third-order valence-corrected chi connectivity index (χ3v) is 1.39. The van der Waals surface area contributed by atoms with Gasteiger partial charge in [-0.05, 0) is 28.4 Å². The summed E-state index contributed by atoms with van der Waals surface area (Å²) >= 11 is 3.23. The highest BCUT2D eigenvalue weighted by Crippen LogP contribution is 2.05. The van der Waals surface area contributed by atoms with E-state index < -0.39 is 0 Å². The van der Waals surface area contributed by atoms with E-state index in [9.17, 15) is 0 Å². The van der Waals surface area contributed by atoms with Crippen molar-refractivity contribution in [1.82, 2.24) is 10.2 Å². The van der Waals surface area contributed by atoms with Gasteiger partial charge in [0.25, 0.3) is 0 Å². The van der Waals surface area contributed by atoms with Crippen molar-refractivity contribution in [3.8, 4) is 0 Å². The largest absolute Gasteiger partial charge is 0.281 e. The molecule has 0 aliphatic heterocycles. The maximum Gasteiger partial charge on any atom is 0.128 e. The highest BCUT2D eigenvalue weighted by molar-refractivity contribution is 9.10. The van der Waals surface area contributed by atoms with Crippen LogP contribution in [0, 0.1) is 0 Å². The molecule has 8 heavy (non-hydrogen) atoms. The smallest absolute Gasteiger partial charge is 0.128 e. The summed E-state index contributed by atoms with van der Waals surface area (Å²) in [5.41, 5.74) is 1.16. The van der Waals surface area contributed by atoms with E-state index in [1.807, 2.05) is 6.07 Å². The maximum atomic E-state index is 3.88. The summed E-state index contributed by atoms with van der Waals surface area (Å²) < 4.78 is 0.884. The minimum atomic E-state index is 0.884. The lowest BCUT2D eigenvalue weighted by Gasteiger charge is -1.79. The number of nitrogens with one attached hydrogen (secondary N) is 1. The summed E-state index contributed by atoms with van der Waals surface area (Å²) in [4.78, 5) is 0. The minimum Gasteiger partial charge on any atom is -0.281 e. The molecule has 0 unspecified atom stereocenters. The summed E-state index contributed by atoms with van der Waals surface area (Å²) in [7, 11) is 0. The van der Waals surface area contributed by atoms with Crippen molar-refractivity contribution >= 4 is 15.9 Å². The van der Waals surface area contributed by atoms with E-state index in [2.05, 4.69) is 33.1 Å². The fourth-order valence-electron chi connectivity index (χ4n) is 0.515. The molecule has 0 atom stereocenters. The van der Waals surface area contributed by atoms with Crippen LogP contribution in [0.15, 0.2) is 10.7 Å². The summed E-state index contributed by atoms with van der Waals surface area (Å²) in [6, 6.07) is 1.97. The molecule has 1 aromatic rings. The molecular formula is C5H7BrN2. The Bertz CT molecular complexity index is 171. The van der Waals surface area contributed by atoms with Crippen LogP contribution in [0.2, 0.25) is 0 Å². The van der Waals surface area contributed by atoms with Crippen molar-refractivity contribution < 1.29 is 0 Å². The molecule has 1 aromatic heterocycles. The number of halogens is 1. The van der Waals surface area contributed by atoms with Gasteiger partial charge in [0.1, 0.15) is 4.60 Å². The van der Waals surface area contributed by atoms with Crippen LogP contribution in [-0.4, -0.2) is 10.2 Å². The summed E-state index contributed by atoms with van der Waals surface area (Å²) in [5, 5.41) is 6.74. The van der Waals surface area contributed by atoms with Gasteiger partial charge < -0.3 is 0 Å². The average Bonchev–Trinajstić information content (AvgIpc) is 2.14. The first-order valence-electron chi connectivity index (χ1n) is 2.52. The fourth-order valence-corrected chi connectivity index (χ4v) is 0.880. The molecule has 0 amide bonds. The molecule has 1 heterocycles. The lowest BCUT2D eigenvalue weighted by Crippen LogP contribution is -1.75. The molecule has 2 nitrogen and oxygen atoms in total. The van der Waals surface area contributed by atoms with Crippen LogP contribution in [-0.2, 0) is 6.42 Å². The Morgan fingerprint density at radius 1 is 1.88 bits per heavy atom. The summed E-state index contributed by atoms with van der Waals surface area (Å²) in [6.07, 6.45) is 1.01. The van der Waals surface area contributed by atoms with Crippen molar-refractivity contribution in [3.05, 3.63) is 16.4 Å². The van der Waals surface area contributed by atoms with Gasteiger partial charge in [0.15, 0.2) is 0 Å². The standard InChI is InChI=1S/C5H7BrN2/c1-2-4-3-5(6)8-7-4/h3H,2H2,1H3,(H,7,8). The van der Waals surface area contributed by atoms with Gasteiger partial charge in [-0.15, -0.1) is 0 Å². The molecule has 0 saturated carbocycles.